The van der Waals surface area contributed by atoms with Crippen molar-refractivity contribution in [2.24, 2.45) is 5.73 Å². The Morgan fingerprint density at radius 1 is 1.30 bits per heavy atom. The van der Waals surface area contributed by atoms with Crippen LogP contribution in [-0.2, 0) is 0 Å². The highest BCUT2D eigenvalue weighted by Gasteiger charge is 2.22. The fraction of sp³-hybridized carbons (Fsp3) is 0.300. The highest BCUT2D eigenvalue weighted by atomic mass is 32.1. The van der Waals surface area contributed by atoms with Gasteiger partial charge in [0, 0.05) is 22.8 Å². The Balaban J connectivity index is 1.98. The molecule has 0 aliphatic heterocycles. The maximum atomic E-state index is 13.1. The molecule has 7 heteroatoms. The zero-order valence-corrected chi connectivity index (χ0v) is 16.4. The Hall–Kier alpha value is -2.67. The first-order chi connectivity index (χ1) is 12.9. The molecule has 3 aromatic rings. The predicted octanol–water partition coefficient (Wildman–Crippen LogP) is 5.26. The smallest absolute Gasteiger partial charge is 0.250 e. The highest BCUT2D eigenvalue weighted by molar-refractivity contribution is 7.14. The topological polar surface area (TPSA) is 72.9 Å². The van der Waals surface area contributed by atoms with E-state index in [0.29, 0.717) is 10.7 Å². The zero-order valence-electron chi connectivity index (χ0n) is 15.6. The van der Waals surface area contributed by atoms with Crippen molar-refractivity contribution in [2.75, 3.05) is 5.32 Å². The second-order valence-electron chi connectivity index (χ2n) is 6.40. The summed E-state index contributed by atoms with van der Waals surface area (Å²) >= 11 is 1.46. The molecule has 5 nitrogen and oxygen atoms in total. The second-order valence-corrected chi connectivity index (χ2v) is 7.26. The number of nitrogens with one attached hydrogen (secondary N) is 1. The number of halogens is 1. The van der Waals surface area contributed by atoms with Crippen LogP contribution in [-0.4, -0.2) is 15.5 Å². The molecule has 0 radical (unpaired) electrons. The number of benzene rings is 1. The lowest BCUT2D eigenvalue weighted by Crippen LogP contribution is -2.14. The van der Waals surface area contributed by atoms with Gasteiger partial charge in [-0.1, -0.05) is 13.8 Å². The van der Waals surface area contributed by atoms with Gasteiger partial charge in [0.05, 0.1) is 17.0 Å². The van der Waals surface area contributed by atoms with Gasteiger partial charge in [0.15, 0.2) is 5.13 Å². The van der Waals surface area contributed by atoms with Gasteiger partial charge < -0.3 is 15.6 Å². The van der Waals surface area contributed by atoms with E-state index in [1.807, 2.05) is 18.4 Å². The summed E-state index contributed by atoms with van der Waals surface area (Å²) in [6.45, 7) is 6.18. The van der Waals surface area contributed by atoms with Crippen LogP contribution in [0, 0.1) is 12.7 Å². The van der Waals surface area contributed by atoms with Gasteiger partial charge in [-0.3, -0.25) is 4.79 Å². The van der Waals surface area contributed by atoms with Crippen molar-refractivity contribution in [3.63, 3.8) is 0 Å². The molecular formula is C20H23FN4OS. The lowest BCUT2D eigenvalue weighted by molar-refractivity contribution is 0.0999. The molecule has 142 valence electrons. The number of nitrogens with two attached hydrogens (primary N) is 1. The van der Waals surface area contributed by atoms with Gasteiger partial charge in [0.25, 0.3) is 5.91 Å². The van der Waals surface area contributed by atoms with Crippen molar-refractivity contribution in [1.29, 1.82) is 0 Å². The van der Waals surface area contributed by atoms with Gasteiger partial charge in [-0.15, -0.1) is 11.3 Å². The second kappa shape index (κ2) is 7.92. The van der Waals surface area contributed by atoms with Gasteiger partial charge in [0.1, 0.15) is 5.82 Å². The number of anilines is 2. The fourth-order valence-electron chi connectivity index (χ4n) is 3.30. The van der Waals surface area contributed by atoms with Crippen LogP contribution < -0.4 is 11.1 Å². The Labute approximate surface area is 162 Å². The molecule has 0 spiro atoms. The number of primary amides is 1. The third-order valence-electron chi connectivity index (χ3n) is 4.73. The SMILES string of the molecule is CCC(CC)n1c(-c2csc(Nc3ccc(F)cc3)n2)cc(C(N)=O)c1C. The first-order valence-corrected chi connectivity index (χ1v) is 9.82. The molecule has 2 aromatic heterocycles. The van der Waals surface area contributed by atoms with Gasteiger partial charge in [-0.25, -0.2) is 9.37 Å². The predicted molar refractivity (Wildman–Crippen MR) is 108 cm³/mol. The Bertz CT molecular complexity index is 942. The molecular weight excluding hydrogens is 363 g/mol. The molecule has 1 amide bonds. The number of carbonyl (C=O) groups excluding carboxylic acids is 1. The van der Waals surface area contributed by atoms with Gasteiger partial charge in [-0.05, 0) is 50.1 Å². The number of hydrogen-bond donors (Lipinski definition) is 2. The number of carbonyl (C=O) groups is 1. The third kappa shape index (κ3) is 3.88. The Morgan fingerprint density at radius 3 is 2.56 bits per heavy atom. The molecule has 27 heavy (non-hydrogen) atoms. The van der Waals surface area contributed by atoms with E-state index in [4.69, 9.17) is 5.73 Å². The molecule has 0 fully saturated rings. The molecule has 3 rings (SSSR count). The highest BCUT2D eigenvalue weighted by Crippen LogP contribution is 2.34. The first-order valence-electron chi connectivity index (χ1n) is 8.94. The summed E-state index contributed by atoms with van der Waals surface area (Å²) in [6.07, 6.45) is 1.89. The molecule has 0 aliphatic rings. The van der Waals surface area contributed by atoms with Crippen molar-refractivity contribution >= 4 is 28.1 Å². The van der Waals surface area contributed by atoms with E-state index in [2.05, 4.69) is 28.7 Å². The van der Waals surface area contributed by atoms with Gasteiger partial charge >= 0.3 is 0 Å². The molecule has 0 saturated heterocycles. The standard InChI is InChI=1S/C20H23FN4OS/c1-4-15(5-2)25-12(3)16(19(22)26)10-18(25)17-11-27-20(24-17)23-14-8-6-13(21)7-9-14/h6-11,15H,4-5H2,1-3H3,(H2,22,26)(H,23,24). The number of thiazole rings is 1. The summed E-state index contributed by atoms with van der Waals surface area (Å²) in [5.74, 6) is -0.712. The lowest BCUT2D eigenvalue weighted by Gasteiger charge is -2.20. The van der Waals surface area contributed by atoms with E-state index in [1.165, 1.54) is 23.5 Å². The molecule has 3 N–H and O–H groups in total. The molecule has 0 saturated carbocycles. The minimum absolute atomic E-state index is 0.267. The van der Waals surface area contributed by atoms with Crippen molar-refractivity contribution in [3.05, 3.63) is 52.8 Å². The monoisotopic (exact) mass is 386 g/mol. The minimum Gasteiger partial charge on any atom is -0.366 e. The maximum Gasteiger partial charge on any atom is 0.250 e. The average molecular weight is 386 g/mol. The summed E-state index contributed by atoms with van der Waals surface area (Å²) in [5, 5.41) is 5.83. The van der Waals surface area contributed by atoms with Crippen molar-refractivity contribution in [3.8, 4) is 11.4 Å². The van der Waals surface area contributed by atoms with Crippen LogP contribution in [0.5, 0.6) is 0 Å². The van der Waals surface area contributed by atoms with Gasteiger partial charge in [-0.2, -0.15) is 0 Å². The number of amides is 1. The Kier molecular flexibility index (Phi) is 5.60. The zero-order chi connectivity index (χ0) is 19.6. The molecule has 1 aromatic carbocycles. The minimum atomic E-state index is -0.432. The van der Waals surface area contributed by atoms with E-state index >= 15 is 0 Å². The van der Waals surface area contributed by atoms with E-state index in [0.717, 1.165) is 35.6 Å². The normalized spacial score (nSPS) is 11.1. The largest absolute Gasteiger partial charge is 0.366 e. The van der Waals surface area contributed by atoms with Crippen LogP contribution in [0.3, 0.4) is 0 Å². The number of aromatic nitrogens is 2. The van der Waals surface area contributed by atoms with Crippen molar-refractivity contribution < 1.29 is 9.18 Å². The number of hydrogen-bond acceptors (Lipinski definition) is 4. The first kappa shape index (κ1) is 19.1. The van der Waals surface area contributed by atoms with E-state index in [-0.39, 0.29) is 11.9 Å². The van der Waals surface area contributed by atoms with Crippen LogP contribution in [0.15, 0.2) is 35.7 Å². The van der Waals surface area contributed by atoms with Crippen molar-refractivity contribution in [1.82, 2.24) is 9.55 Å². The fourth-order valence-corrected chi connectivity index (χ4v) is 4.02. The quantitative estimate of drug-likeness (QED) is 0.581. The summed E-state index contributed by atoms with van der Waals surface area (Å²) in [5.41, 5.74) is 9.40. The van der Waals surface area contributed by atoms with Crippen LogP contribution in [0.4, 0.5) is 15.2 Å². The van der Waals surface area contributed by atoms with Crippen LogP contribution in [0.1, 0.15) is 48.8 Å². The van der Waals surface area contributed by atoms with E-state index in [9.17, 15) is 9.18 Å². The summed E-state index contributed by atoms with van der Waals surface area (Å²) in [6, 6.07) is 8.22. The number of nitrogens with zero attached hydrogens (tertiary/aromatic N) is 2. The van der Waals surface area contributed by atoms with Crippen LogP contribution in [0.2, 0.25) is 0 Å². The van der Waals surface area contributed by atoms with E-state index < -0.39 is 5.91 Å². The molecule has 2 heterocycles. The van der Waals surface area contributed by atoms with Crippen LogP contribution in [0.25, 0.3) is 11.4 Å². The summed E-state index contributed by atoms with van der Waals surface area (Å²) < 4.78 is 15.2. The summed E-state index contributed by atoms with van der Waals surface area (Å²) in [4.78, 5) is 16.5. The van der Waals surface area contributed by atoms with Crippen molar-refractivity contribution in [2.45, 2.75) is 39.7 Å². The lowest BCUT2D eigenvalue weighted by atomic mass is 10.1. The third-order valence-corrected chi connectivity index (χ3v) is 5.48. The maximum absolute atomic E-state index is 13.1. The number of rotatable bonds is 7. The van der Waals surface area contributed by atoms with Gasteiger partial charge in [0.2, 0.25) is 0 Å². The molecule has 0 bridgehead atoms. The Morgan fingerprint density at radius 2 is 1.96 bits per heavy atom. The molecule has 0 unspecified atom stereocenters. The molecule has 0 atom stereocenters. The molecule has 0 aliphatic carbocycles. The van der Waals surface area contributed by atoms with Crippen LogP contribution >= 0.6 is 11.3 Å². The summed E-state index contributed by atoms with van der Waals surface area (Å²) in [7, 11) is 0. The van der Waals surface area contributed by atoms with E-state index in [1.54, 1.807) is 12.1 Å². The average Bonchev–Trinajstić information content (AvgIpc) is 3.23.